The molecular formula is C25H39NO6. The van der Waals surface area contributed by atoms with E-state index in [1.54, 1.807) is 6.92 Å². The Hall–Kier alpha value is -2.28. The van der Waals surface area contributed by atoms with Gasteiger partial charge in [0.15, 0.2) is 6.10 Å². The van der Waals surface area contributed by atoms with E-state index in [4.69, 9.17) is 18.9 Å². The molecule has 180 valence electrons. The van der Waals surface area contributed by atoms with E-state index in [0.29, 0.717) is 13.0 Å². The molecule has 1 aromatic carbocycles. The second kappa shape index (κ2) is 12.1. The van der Waals surface area contributed by atoms with Crippen molar-refractivity contribution in [2.24, 2.45) is 0 Å². The van der Waals surface area contributed by atoms with Gasteiger partial charge in [-0.3, -0.25) is 0 Å². The minimum atomic E-state index is -0.691. The summed E-state index contributed by atoms with van der Waals surface area (Å²) in [5.41, 5.74) is 1.17. The Labute approximate surface area is 192 Å². The van der Waals surface area contributed by atoms with Crippen LogP contribution in [0.5, 0.6) is 5.75 Å². The lowest BCUT2D eigenvalue weighted by Crippen LogP contribution is -2.32. The largest absolute Gasteiger partial charge is 0.490 e. The molecule has 1 N–H and O–H groups in total. The molecule has 1 atom stereocenters. The van der Waals surface area contributed by atoms with Crippen LogP contribution in [0.2, 0.25) is 0 Å². The van der Waals surface area contributed by atoms with E-state index in [1.807, 2.05) is 52.8 Å². The molecular weight excluding hydrogens is 410 g/mol. The fourth-order valence-electron chi connectivity index (χ4n) is 3.65. The third kappa shape index (κ3) is 9.07. The molecule has 1 unspecified atom stereocenters. The zero-order valence-electron chi connectivity index (χ0n) is 20.4. The van der Waals surface area contributed by atoms with Crippen LogP contribution in [-0.4, -0.2) is 42.6 Å². The van der Waals surface area contributed by atoms with Crippen LogP contribution in [-0.2, 0) is 32.0 Å². The molecule has 1 fully saturated rings. The molecule has 7 heteroatoms. The van der Waals surface area contributed by atoms with Gasteiger partial charge < -0.3 is 24.3 Å². The number of nitrogens with one attached hydrogen (secondary N) is 1. The van der Waals surface area contributed by atoms with Crippen LogP contribution in [0.15, 0.2) is 18.2 Å². The fourth-order valence-corrected chi connectivity index (χ4v) is 3.65. The van der Waals surface area contributed by atoms with Crippen LogP contribution in [0.1, 0.15) is 78.4 Å². The zero-order chi connectivity index (χ0) is 23.7. The number of amides is 1. The maximum atomic E-state index is 12.4. The van der Waals surface area contributed by atoms with Gasteiger partial charge in [0.1, 0.15) is 11.4 Å². The number of hydrogen-bond acceptors (Lipinski definition) is 6. The quantitative estimate of drug-likeness (QED) is 0.510. The topological polar surface area (TPSA) is 83.1 Å². The van der Waals surface area contributed by atoms with Gasteiger partial charge in [-0.05, 0) is 78.9 Å². The first-order chi connectivity index (χ1) is 15.1. The average molecular weight is 450 g/mol. The van der Waals surface area contributed by atoms with Crippen LogP contribution in [0, 0.1) is 0 Å². The first-order valence-electron chi connectivity index (χ1n) is 11.6. The number of carbonyl (C=O) groups excluding carboxylic acids is 2. The zero-order valence-corrected chi connectivity index (χ0v) is 20.4. The number of benzene rings is 1. The van der Waals surface area contributed by atoms with Gasteiger partial charge in [0.2, 0.25) is 0 Å². The summed E-state index contributed by atoms with van der Waals surface area (Å²) in [4.78, 5) is 24.5. The van der Waals surface area contributed by atoms with Gasteiger partial charge in [0.25, 0.3) is 0 Å². The number of carbonyl (C=O) groups is 2. The lowest BCUT2D eigenvalue weighted by molar-refractivity contribution is -0.159. The third-order valence-electron chi connectivity index (χ3n) is 4.95. The van der Waals surface area contributed by atoms with Gasteiger partial charge in [-0.25, -0.2) is 9.59 Å². The monoisotopic (exact) mass is 449 g/mol. The summed E-state index contributed by atoms with van der Waals surface area (Å²) >= 11 is 0. The smallest absolute Gasteiger partial charge is 0.407 e. The van der Waals surface area contributed by atoms with Crippen molar-refractivity contribution in [3.8, 4) is 5.75 Å². The lowest BCUT2D eigenvalue weighted by atomic mass is 10.0. The van der Waals surface area contributed by atoms with Gasteiger partial charge in [-0.1, -0.05) is 12.1 Å². The highest BCUT2D eigenvalue weighted by atomic mass is 16.6. The summed E-state index contributed by atoms with van der Waals surface area (Å²) in [5, 5.41) is 2.81. The molecule has 0 bridgehead atoms. The Bertz CT molecular complexity index is 749. The first kappa shape index (κ1) is 26.0. The number of ether oxygens (including phenoxy) is 4. The standard InChI is InChI=1S/C25H39NO6/c1-7-29-23(27)22(30-17(2)3)15-18-12-13-21(31-20-10-8-9-11-20)19(14-18)16-26-24(28)32-25(4,5)6/h12-14,17,20,22H,7-11,15-16H2,1-6H3,(H,26,28). The minimum Gasteiger partial charge on any atom is -0.490 e. The molecule has 0 spiro atoms. The van der Waals surface area contributed by atoms with E-state index in [2.05, 4.69) is 5.32 Å². The van der Waals surface area contributed by atoms with E-state index >= 15 is 0 Å². The van der Waals surface area contributed by atoms with Crippen molar-refractivity contribution >= 4 is 12.1 Å². The summed E-state index contributed by atoms with van der Waals surface area (Å²) in [7, 11) is 0. The number of rotatable bonds is 10. The number of alkyl carbamates (subject to hydrolysis) is 1. The van der Waals surface area contributed by atoms with Crippen molar-refractivity contribution in [2.45, 2.75) is 104 Å². The molecule has 7 nitrogen and oxygen atoms in total. The Morgan fingerprint density at radius 2 is 1.84 bits per heavy atom. The normalized spacial score (nSPS) is 15.5. The molecule has 0 aliphatic heterocycles. The molecule has 1 amide bonds. The summed E-state index contributed by atoms with van der Waals surface area (Å²) in [6.45, 7) is 11.6. The van der Waals surface area contributed by atoms with Crippen molar-refractivity contribution in [3.63, 3.8) is 0 Å². The summed E-state index contributed by atoms with van der Waals surface area (Å²) in [5.74, 6) is 0.370. The van der Waals surface area contributed by atoms with Crippen molar-refractivity contribution in [2.75, 3.05) is 6.61 Å². The molecule has 32 heavy (non-hydrogen) atoms. The van der Waals surface area contributed by atoms with Crippen LogP contribution in [0.25, 0.3) is 0 Å². The predicted molar refractivity (Wildman–Crippen MR) is 123 cm³/mol. The second-order valence-corrected chi connectivity index (χ2v) is 9.45. The molecule has 0 heterocycles. The van der Waals surface area contributed by atoms with Gasteiger partial charge in [0, 0.05) is 18.5 Å². The molecule has 1 aliphatic rings. The molecule has 0 saturated heterocycles. The Morgan fingerprint density at radius 1 is 1.16 bits per heavy atom. The van der Waals surface area contributed by atoms with E-state index in [1.165, 1.54) is 12.8 Å². The third-order valence-corrected chi connectivity index (χ3v) is 4.95. The molecule has 1 aromatic rings. The van der Waals surface area contributed by atoms with Crippen molar-refractivity contribution in [3.05, 3.63) is 29.3 Å². The average Bonchev–Trinajstić information content (AvgIpc) is 3.19. The lowest BCUT2D eigenvalue weighted by Gasteiger charge is -2.22. The van der Waals surface area contributed by atoms with E-state index in [0.717, 1.165) is 29.7 Å². The maximum absolute atomic E-state index is 12.4. The minimum absolute atomic E-state index is 0.109. The van der Waals surface area contributed by atoms with Crippen LogP contribution >= 0.6 is 0 Å². The van der Waals surface area contributed by atoms with Crippen LogP contribution in [0.3, 0.4) is 0 Å². The van der Waals surface area contributed by atoms with Crippen LogP contribution < -0.4 is 10.1 Å². The van der Waals surface area contributed by atoms with E-state index < -0.39 is 17.8 Å². The van der Waals surface area contributed by atoms with Gasteiger partial charge >= 0.3 is 12.1 Å². The second-order valence-electron chi connectivity index (χ2n) is 9.45. The number of esters is 1. The Morgan fingerprint density at radius 3 is 2.44 bits per heavy atom. The van der Waals surface area contributed by atoms with Gasteiger partial charge in [-0.2, -0.15) is 0 Å². The summed E-state index contributed by atoms with van der Waals surface area (Å²) < 4.78 is 22.6. The van der Waals surface area contributed by atoms with Gasteiger partial charge in [0.05, 0.1) is 18.8 Å². The molecule has 1 aliphatic carbocycles. The Kier molecular flexibility index (Phi) is 9.82. The maximum Gasteiger partial charge on any atom is 0.407 e. The van der Waals surface area contributed by atoms with Gasteiger partial charge in [-0.15, -0.1) is 0 Å². The summed E-state index contributed by atoms with van der Waals surface area (Å²) in [6.07, 6.45) is 3.69. The Balaban J connectivity index is 2.19. The number of hydrogen-bond donors (Lipinski definition) is 1. The molecule has 2 rings (SSSR count). The molecule has 0 radical (unpaired) electrons. The predicted octanol–water partition coefficient (Wildman–Crippen LogP) is 4.93. The SMILES string of the molecule is CCOC(=O)C(Cc1ccc(OC2CCCC2)c(CNC(=O)OC(C)(C)C)c1)OC(C)C. The molecule has 0 aromatic heterocycles. The van der Waals surface area contributed by atoms with Crippen molar-refractivity contribution in [1.29, 1.82) is 0 Å². The highest BCUT2D eigenvalue weighted by Crippen LogP contribution is 2.28. The van der Waals surface area contributed by atoms with E-state index in [9.17, 15) is 9.59 Å². The first-order valence-corrected chi connectivity index (χ1v) is 11.6. The van der Waals surface area contributed by atoms with Crippen LogP contribution in [0.4, 0.5) is 4.79 Å². The van der Waals surface area contributed by atoms with Crippen molar-refractivity contribution in [1.82, 2.24) is 5.32 Å². The fraction of sp³-hybridized carbons (Fsp3) is 0.680. The van der Waals surface area contributed by atoms with Crippen molar-refractivity contribution < 1.29 is 28.5 Å². The highest BCUT2D eigenvalue weighted by Gasteiger charge is 2.24. The summed E-state index contributed by atoms with van der Waals surface area (Å²) in [6, 6.07) is 5.81. The molecule has 1 saturated carbocycles. The highest BCUT2D eigenvalue weighted by molar-refractivity contribution is 5.75. The van der Waals surface area contributed by atoms with E-state index in [-0.39, 0.29) is 24.7 Å².